The van der Waals surface area contributed by atoms with Crippen LogP contribution in [0.25, 0.3) is 0 Å². The maximum Gasteiger partial charge on any atom is 0.362 e. The van der Waals surface area contributed by atoms with Gasteiger partial charge in [0.25, 0.3) is 0 Å². The van der Waals surface area contributed by atoms with Gasteiger partial charge in [-0.3, -0.25) is 4.79 Å². The van der Waals surface area contributed by atoms with Crippen LogP contribution in [-0.2, 0) is 9.59 Å². The third-order valence-electron chi connectivity index (χ3n) is 1.29. The van der Waals surface area contributed by atoms with Gasteiger partial charge < -0.3 is 15.9 Å². The zero-order valence-corrected chi connectivity index (χ0v) is 6.12. The zero-order chi connectivity index (χ0) is 8.85. The number of carboxylic acids is 2. The first-order chi connectivity index (χ1) is 5.04. The van der Waals surface area contributed by atoms with Crippen LogP contribution in [-0.4, -0.2) is 28.2 Å². The predicted molar refractivity (Wildman–Crippen MR) is 35.8 cm³/mol. The Morgan fingerprint density at radius 2 is 1.91 bits per heavy atom. The van der Waals surface area contributed by atoms with Crippen molar-refractivity contribution in [2.24, 2.45) is 0 Å². The van der Waals surface area contributed by atoms with Crippen molar-refractivity contribution < 1.29 is 25.5 Å². The lowest BCUT2D eigenvalue weighted by Crippen LogP contribution is -2.64. The maximum atomic E-state index is 10.2. The van der Waals surface area contributed by atoms with Crippen molar-refractivity contribution in [3.63, 3.8) is 0 Å². The van der Waals surface area contributed by atoms with E-state index in [9.17, 15) is 9.59 Å². The molecular weight excluding hydrogens is 150 g/mol. The van der Waals surface area contributed by atoms with Gasteiger partial charge in [0.2, 0.25) is 0 Å². The van der Waals surface area contributed by atoms with Gasteiger partial charge in [0.15, 0.2) is 6.04 Å². The Hall–Kier alpha value is -1.10. The largest absolute Gasteiger partial charge is 0.481 e. The van der Waals surface area contributed by atoms with E-state index in [1.807, 2.05) is 0 Å². The van der Waals surface area contributed by atoms with Gasteiger partial charge in [-0.15, -0.1) is 0 Å². The summed E-state index contributed by atoms with van der Waals surface area (Å²) < 4.78 is 0. The van der Waals surface area contributed by atoms with E-state index in [1.54, 1.807) is 0 Å². The second kappa shape index (κ2) is 4.68. The van der Waals surface area contributed by atoms with Crippen LogP contribution in [0.2, 0.25) is 0 Å². The van der Waals surface area contributed by atoms with Crippen molar-refractivity contribution in [2.75, 3.05) is 0 Å². The van der Waals surface area contributed by atoms with E-state index in [0.29, 0.717) is 12.8 Å². The molecule has 5 N–H and O–H groups in total. The van der Waals surface area contributed by atoms with Gasteiger partial charge in [-0.2, -0.15) is 0 Å². The Morgan fingerprint density at radius 3 is 2.27 bits per heavy atom. The third-order valence-corrected chi connectivity index (χ3v) is 1.29. The highest BCUT2D eigenvalue weighted by Crippen LogP contribution is 1.97. The van der Waals surface area contributed by atoms with Gasteiger partial charge in [-0.25, -0.2) is 4.79 Å². The van der Waals surface area contributed by atoms with Crippen LogP contribution in [0.1, 0.15) is 19.3 Å². The molecule has 1 atom stereocenters. The lowest BCUT2D eigenvalue weighted by molar-refractivity contribution is -0.409. The molecule has 64 valence electrons. The van der Waals surface area contributed by atoms with E-state index in [2.05, 4.69) is 5.73 Å². The Labute approximate surface area is 63.8 Å². The monoisotopic (exact) mass is 162 g/mol. The lowest BCUT2D eigenvalue weighted by Gasteiger charge is -1.99. The second-order valence-electron chi connectivity index (χ2n) is 2.32. The fourth-order valence-electron chi connectivity index (χ4n) is 0.623. The maximum absolute atomic E-state index is 10.2. The van der Waals surface area contributed by atoms with Gasteiger partial charge in [0.1, 0.15) is 0 Å². The first-order valence-corrected chi connectivity index (χ1v) is 3.31. The Balaban J connectivity index is 3.39. The predicted octanol–water partition coefficient (Wildman–Crippen LogP) is -1.06. The van der Waals surface area contributed by atoms with E-state index in [-0.39, 0.29) is 6.42 Å². The zero-order valence-electron chi connectivity index (χ0n) is 6.12. The highest BCUT2D eigenvalue weighted by Gasteiger charge is 2.14. The standard InChI is InChI=1S/C6H11NO4/c7-4(6(10)11)2-1-3-5(8)9/h4H,1-3,7H2,(H,8,9)(H,10,11)/p+1. The lowest BCUT2D eigenvalue weighted by atomic mass is 10.1. The topological polar surface area (TPSA) is 102 Å². The molecule has 0 fully saturated rings. The normalized spacial score (nSPS) is 12.5. The van der Waals surface area contributed by atoms with Crippen molar-refractivity contribution in [2.45, 2.75) is 25.3 Å². The van der Waals surface area contributed by atoms with E-state index in [4.69, 9.17) is 10.2 Å². The molecule has 0 heterocycles. The Morgan fingerprint density at radius 1 is 1.36 bits per heavy atom. The summed E-state index contributed by atoms with van der Waals surface area (Å²) in [5.41, 5.74) is 3.34. The smallest absolute Gasteiger partial charge is 0.362 e. The minimum absolute atomic E-state index is 0.0132. The summed E-state index contributed by atoms with van der Waals surface area (Å²) in [6, 6.07) is -0.686. The molecule has 0 aromatic carbocycles. The summed E-state index contributed by atoms with van der Waals surface area (Å²) in [4.78, 5) is 20.1. The molecule has 0 bridgehead atoms. The summed E-state index contributed by atoms with van der Waals surface area (Å²) >= 11 is 0. The molecule has 5 heteroatoms. The average Bonchev–Trinajstić information content (AvgIpc) is 1.86. The van der Waals surface area contributed by atoms with Gasteiger partial charge in [0, 0.05) is 12.8 Å². The molecule has 0 aliphatic carbocycles. The summed E-state index contributed by atoms with van der Waals surface area (Å²) in [6.45, 7) is 0. The number of aliphatic carboxylic acids is 2. The number of hydrogen-bond donors (Lipinski definition) is 3. The highest BCUT2D eigenvalue weighted by molar-refractivity contribution is 5.71. The first-order valence-electron chi connectivity index (χ1n) is 3.31. The van der Waals surface area contributed by atoms with Gasteiger partial charge in [0.05, 0.1) is 0 Å². The number of quaternary nitrogens is 1. The van der Waals surface area contributed by atoms with Crippen LogP contribution < -0.4 is 5.73 Å². The molecular formula is C6H12NO4+. The molecule has 0 aromatic rings. The molecule has 0 saturated heterocycles. The summed E-state index contributed by atoms with van der Waals surface area (Å²) in [5, 5.41) is 16.5. The highest BCUT2D eigenvalue weighted by atomic mass is 16.4. The molecule has 5 nitrogen and oxygen atoms in total. The third kappa shape index (κ3) is 5.35. The fraction of sp³-hybridized carbons (Fsp3) is 0.667. The summed E-state index contributed by atoms with van der Waals surface area (Å²) in [7, 11) is 0. The second-order valence-corrected chi connectivity index (χ2v) is 2.32. The molecule has 0 radical (unpaired) electrons. The molecule has 0 amide bonds. The van der Waals surface area contributed by atoms with Crippen molar-refractivity contribution in [1.29, 1.82) is 0 Å². The molecule has 0 spiro atoms. The van der Waals surface area contributed by atoms with Crippen molar-refractivity contribution >= 4 is 11.9 Å². The van der Waals surface area contributed by atoms with Crippen molar-refractivity contribution in [3.8, 4) is 0 Å². The van der Waals surface area contributed by atoms with Gasteiger partial charge in [-0.1, -0.05) is 0 Å². The first kappa shape index (κ1) is 9.90. The van der Waals surface area contributed by atoms with Gasteiger partial charge >= 0.3 is 11.9 Å². The molecule has 0 aliphatic rings. The Kier molecular flexibility index (Phi) is 4.21. The van der Waals surface area contributed by atoms with E-state index in [1.165, 1.54) is 0 Å². The molecule has 1 unspecified atom stereocenters. The molecule has 0 aliphatic heterocycles. The SMILES string of the molecule is [NH3+]C(CCCC(=O)O)C(=O)O. The van der Waals surface area contributed by atoms with Gasteiger partial charge in [-0.05, 0) is 6.42 Å². The van der Waals surface area contributed by atoms with E-state index < -0.39 is 18.0 Å². The van der Waals surface area contributed by atoms with Crippen LogP contribution in [0.3, 0.4) is 0 Å². The Bertz CT molecular complexity index is 157. The number of hydrogen-bond acceptors (Lipinski definition) is 2. The van der Waals surface area contributed by atoms with Crippen LogP contribution in [0.4, 0.5) is 0 Å². The number of carboxylic acid groups (broad SMARTS) is 2. The van der Waals surface area contributed by atoms with Crippen LogP contribution in [0.5, 0.6) is 0 Å². The van der Waals surface area contributed by atoms with Crippen LogP contribution >= 0.6 is 0 Å². The minimum atomic E-state index is -0.976. The molecule has 0 saturated carbocycles. The van der Waals surface area contributed by atoms with Crippen LogP contribution in [0.15, 0.2) is 0 Å². The fourth-order valence-corrected chi connectivity index (χ4v) is 0.623. The molecule has 0 rings (SSSR count). The van der Waals surface area contributed by atoms with E-state index in [0.717, 1.165) is 0 Å². The van der Waals surface area contributed by atoms with E-state index >= 15 is 0 Å². The van der Waals surface area contributed by atoms with Crippen molar-refractivity contribution in [3.05, 3.63) is 0 Å². The average molecular weight is 162 g/mol. The summed E-state index contributed by atoms with van der Waals surface area (Å²) in [6.07, 6.45) is 0.705. The summed E-state index contributed by atoms with van der Waals surface area (Å²) in [5.74, 6) is -1.88. The van der Waals surface area contributed by atoms with Crippen molar-refractivity contribution in [1.82, 2.24) is 0 Å². The molecule has 0 aromatic heterocycles. The molecule has 11 heavy (non-hydrogen) atoms. The number of rotatable bonds is 5. The van der Waals surface area contributed by atoms with Crippen LogP contribution in [0, 0.1) is 0 Å². The quantitative estimate of drug-likeness (QED) is 0.479. The minimum Gasteiger partial charge on any atom is -0.481 e. The number of carbonyl (C=O) groups is 2.